The summed E-state index contributed by atoms with van der Waals surface area (Å²) in [7, 11) is 0. The Hall–Kier alpha value is -1.50. The Bertz CT molecular complexity index is 1110. The molecule has 11 atom stereocenters. The van der Waals surface area contributed by atoms with E-state index in [1.165, 1.54) is 122 Å². The van der Waals surface area contributed by atoms with E-state index in [9.17, 15) is 45.3 Å². The summed E-state index contributed by atoms with van der Waals surface area (Å²) in [5, 5.41) is 72.0. The van der Waals surface area contributed by atoms with Gasteiger partial charge in [0.05, 0.1) is 19.8 Å². The molecule has 2 aliphatic rings. The lowest BCUT2D eigenvalue weighted by molar-refractivity contribution is -0.332. The lowest BCUT2D eigenvalue weighted by Gasteiger charge is -2.42. The van der Waals surface area contributed by atoms with Gasteiger partial charge in [-0.3, -0.25) is 9.59 Å². The summed E-state index contributed by atoms with van der Waals surface area (Å²) >= 11 is 0. The van der Waals surface area contributed by atoms with Gasteiger partial charge in [-0.25, -0.2) is 0 Å². The quantitative estimate of drug-likeness (QED) is 0.0260. The zero-order valence-corrected chi connectivity index (χ0v) is 39.1. The van der Waals surface area contributed by atoms with Crippen LogP contribution in [0.2, 0.25) is 0 Å². The van der Waals surface area contributed by atoms with Crippen LogP contribution in [0, 0.1) is 0 Å². The van der Waals surface area contributed by atoms with Gasteiger partial charge in [0.15, 0.2) is 18.7 Å². The van der Waals surface area contributed by atoms with Crippen molar-refractivity contribution in [3.8, 4) is 0 Å². The monoisotopic (exact) mass is 907 g/mol. The third kappa shape index (κ3) is 25.3. The van der Waals surface area contributed by atoms with Crippen molar-refractivity contribution in [2.75, 3.05) is 26.4 Å². The zero-order chi connectivity index (χ0) is 46.1. The van der Waals surface area contributed by atoms with E-state index in [4.69, 9.17) is 28.4 Å². The molecule has 2 rings (SSSR count). The van der Waals surface area contributed by atoms with Crippen LogP contribution in [0.25, 0.3) is 0 Å². The topological polar surface area (TPSA) is 231 Å². The molecular formula is C48H90O15. The summed E-state index contributed by atoms with van der Waals surface area (Å²) in [5.41, 5.74) is 0. The molecule has 7 N–H and O–H groups in total. The maximum atomic E-state index is 13.0. The summed E-state index contributed by atoms with van der Waals surface area (Å²) in [6.07, 6.45) is 15.6. The van der Waals surface area contributed by atoms with Crippen LogP contribution in [0.1, 0.15) is 200 Å². The molecule has 2 fully saturated rings. The molecule has 0 radical (unpaired) electrons. The van der Waals surface area contributed by atoms with Crippen molar-refractivity contribution in [2.24, 2.45) is 0 Å². The second-order valence-electron chi connectivity index (χ2n) is 18.0. The fourth-order valence-corrected chi connectivity index (χ4v) is 8.16. The predicted octanol–water partition coefficient (Wildman–Crippen LogP) is 6.43. The molecule has 0 aromatic rings. The average Bonchev–Trinajstić information content (AvgIpc) is 3.28. The van der Waals surface area contributed by atoms with Gasteiger partial charge >= 0.3 is 11.9 Å². The van der Waals surface area contributed by atoms with Crippen molar-refractivity contribution in [1.29, 1.82) is 0 Å². The van der Waals surface area contributed by atoms with E-state index in [2.05, 4.69) is 13.8 Å². The number of carbonyl (C=O) groups excluding carboxylic acids is 2. The van der Waals surface area contributed by atoms with Gasteiger partial charge in [0.1, 0.15) is 55.4 Å². The summed E-state index contributed by atoms with van der Waals surface area (Å²) < 4.78 is 33.5. The summed E-state index contributed by atoms with van der Waals surface area (Å²) in [6.45, 7) is 2.60. The number of unbranched alkanes of at least 4 members (excludes halogenated alkanes) is 25. The molecule has 0 spiro atoms. The van der Waals surface area contributed by atoms with Gasteiger partial charge in [0.2, 0.25) is 0 Å². The van der Waals surface area contributed by atoms with Crippen LogP contribution in [0.15, 0.2) is 0 Å². The Morgan fingerprint density at radius 3 is 1.24 bits per heavy atom. The van der Waals surface area contributed by atoms with E-state index >= 15 is 0 Å². The number of rotatable bonds is 39. The first-order valence-corrected chi connectivity index (χ1v) is 25.1. The van der Waals surface area contributed by atoms with Crippen LogP contribution in [0.3, 0.4) is 0 Å². The third-order valence-electron chi connectivity index (χ3n) is 12.3. The zero-order valence-electron chi connectivity index (χ0n) is 39.1. The van der Waals surface area contributed by atoms with Gasteiger partial charge in [-0.2, -0.15) is 0 Å². The SMILES string of the molecule is CCCCCCCCCCCCCCCCCCC(=O)O[C@H](COC(=O)CCCCCCCCCCCCC)CO[C@@H]1O[C@H](CO[C@@H]2O[C@H](CO)[C@H](O)C(O)C2O)[C@H](O)C(O)C1O. The van der Waals surface area contributed by atoms with E-state index in [-0.39, 0.29) is 26.1 Å². The molecule has 0 saturated carbocycles. The highest BCUT2D eigenvalue weighted by Gasteiger charge is 2.47. The Labute approximate surface area is 378 Å². The minimum Gasteiger partial charge on any atom is -0.462 e. The maximum Gasteiger partial charge on any atom is 0.306 e. The fourth-order valence-electron chi connectivity index (χ4n) is 8.16. The molecule has 2 heterocycles. The fraction of sp³-hybridized carbons (Fsp3) is 0.958. The first-order valence-electron chi connectivity index (χ1n) is 25.1. The number of ether oxygens (including phenoxy) is 6. The van der Waals surface area contributed by atoms with Crippen molar-refractivity contribution in [2.45, 2.75) is 268 Å². The van der Waals surface area contributed by atoms with Crippen molar-refractivity contribution in [3.63, 3.8) is 0 Å². The Morgan fingerprint density at radius 1 is 0.444 bits per heavy atom. The maximum absolute atomic E-state index is 13.0. The van der Waals surface area contributed by atoms with Gasteiger partial charge in [-0.15, -0.1) is 0 Å². The first-order chi connectivity index (χ1) is 30.5. The summed E-state index contributed by atoms with van der Waals surface area (Å²) in [6, 6.07) is 0. The van der Waals surface area contributed by atoms with Gasteiger partial charge in [-0.1, -0.05) is 174 Å². The van der Waals surface area contributed by atoms with Crippen LogP contribution in [-0.2, 0) is 38.0 Å². The van der Waals surface area contributed by atoms with Crippen LogP contribution < -0.4 is 0 Å². The second kappa shape index (κ2) is 36.6. The third-order valence-corrected chi connectivity index (χ3v) is 12.3. The Kier molecular flexibility index (Phi) is 33.5. The van der Waals surface area contributed by atoms with E-state index in [0.717, 1.165) is 38.5 Å². The smallest absolute Gasteiger partial charge is 0.306 e. The van der Waals surface area contributed by atoms with Crippen LogP contribution in [0.4, 0.5) is 0 Å². The van der Waals surface area contributed by atoms with Gasteiger partial charge in [0.25, 0.3) is 0 Å². The summed E-state index contributed by atoms with van der Waals surface area (Å²) in [4.78, 5) is 25.7. The van der Waals surface area contributed by atoms with Gasteiger partial charge < -0.3 is 64.2 Å². The summed E-state index contributed by atoms with van der Waals surface area (Å²) in [5.74, 6) is -0.913. The van der Waals surface area contributed by atoms with Crippen molar-refractivity contribution in [3.05, 3.63) is 0 Å². The molecule has 63 heavy (non-hydrogen) atoms. The second-order valence-corrected chi connectivity index (χ2v) is 18.0. The van der Waals surface area contributed by atoms with E-state index < -0.39 is 92.7 Å². The molecule has 2 aliphatic heterocycles. The van der Waals surface area contributed by atoms with Crippen LogP contribution in [-0.4, -0.2) is 142 Å². The number of aliphatic hydroxyl groups excluding tert-OH is 7. The number of carbonyl (C=O) groups is 2. The van der Waals surface area contributed by atoms with Crippen LogP contribution in [0.5, 0.6) is 0 Å². The minimum atomic E-state index is -1.76. The molecule has 0 aromatic heterocycles. The number of esters is 2. The molecular weight excluding hydrogens is 817 g/mol. The largest absolute Gasteiger partial charge is 0.462 e. The highest BCUT2D eigenvalue weighted by molar-refractivity contribution is 5.70. The first kappa shape index (κ1) is 57.6. The lowest BCUT2D eigenvalue weighted by atomic mass is 9.98. The van der Waals surface area contributed by atoms with E-state index in [1.807, 2.05) is 0 Å². The molecule has 15 nitrogen and oxygen atoms in total. The minimum absolute atomic E-state index is 0.173. The van der Waals surface area contributed by atoms with Crippen LogP contribution >= 0.6 is 0 Å². The standard InChI is InChI=1S/C48H90O15/c1-3-5-7-9-11-13-15-16-17-18-19-21-23-25-27-29-31-40(51)61-36(33-58-39(50)30-28-26-24-22-20-14-12-10-8-6-4-2)34-59-47-46(57)44(55)42(53)38(63-47)35-60-48-45(56)43(54)41(52)37(32-49)62-48/h36-38,41-49,52-57H,3-35H2,1-2H3/t36-,37-,38-,41+,42+,43?,44?,45?,46?,47-,48-/m1/s1. The molecule has 4 unspecified atom stereocenters. The predicted molar refractivity (Wildman–Crippen MR) is 238 cm³/mol. The highest BCUT2D eigenvalue weighted by Crippen LogP contribution is 2.26. The normalized spacial score (nSPS) is 26.7. The van der Waals surface area contributed by atoms with Crippen molar-refractivity contribution < 1.29 is 73.8 Å². The molecule has 0 bridgehead atoms. The molecule has 0 aliphatic carbocycles. The van der Waals surface area contributed by atoms with Crippen molar-refractivity contribution >= 4 is 11.9 Å². The lowest BCUT2D eigenvalue weighted by Crippen LogP contribution is -2.61. The highest BCUT2D eigenvalue weighted by atomic mass is 16.7. The molecule has 372 valence electrons. The van der Waals surface area contributed by atoms with E-state index in [1.54, 1.807) is 0 Å². The van der Waals surface area contributed by atoms with Crippen molar-refractivity contribution in [1.82, 2.24) is 0 Å². The Balaban J connectivity index is 1.81. The number of aliphatic hydroxyl groups is 7. The number of hydrogen-bond donors (Lipinski definition) is 7. The molecule has 0 aromatic carbocycles. The van der Waals surface area contributed by atoms with Gasteiger partial charge in [0, 0.05) is 12.8 Å². The molecule has 0 amide bonds. The number of hydrogen-bond acceptors (Lipinski definition) is 15. The molecule has 2 saturated heterocycles. The van der Waals surface area contributed by atoms with Gasteiger partial charge in [-0.05, 0) is 12.8 Å². The molecule has 15 heteroatoms. The van der Waals surface area contributed by atoms with E-state index in [0.29, 0.717) is 12.8 Å². The average molecular weight is 907 g/mol. The Morgan fingerprint density at radius 2 is 0.810 bits per heavy atom.